The first-order valence-corrected chi connectivity index (χ1v) is 8.71. The van der Waals surface area contributed by atoms with Gasteiger partial charge in [0.05, 0.1) is 6.20 Å². The van der Waals surface area contributed by atoms with Crippen molar-refractivity contribution >= 4 is 16.5 Å². The van der Waals surface area contributed by atoms with Gasteiger partial charge in [-0.2, -0.15) is 0 Å². The largest absolute Gasteiger partial charge is 0.459 e. The smallest absolute Gasteiger partial charge is 0.203 e. The second-order valence-electron chi connectivity index (χ2n) is 5.50. The van der Waals surface area contributed by atoms with Gasteiger partial charge in [0.25, 0.3) is 0 Å². The molecule has 0 spiro atoms. The second-order valence-corrected chi connectivity index (χ2v) is 6.54. The Morgan fingerprint density at radius 1 is 1.12 bits per heavy atom. The molecule has 0 fully saturated rings. The zero-order chi connectivity index (χ0) is 17.2. The third-order valence-corrected chi connectivity index (χ3v) is 4.65. The predicted molar refractivity (Wildman–Crippen MR) is 95.1 cm³/mol. The molecule has 0 aliphatic carbocycles. The maximum atomic E-state index is 5.77. The summed E-state index contributed by atoms with van der Waals surface area (Å²) in [6, 6.07) is 13.6. The van der Waals surface area contributed by atoms with Gasteiger partial charge in [-0.3, -0.25) is 0 Å². The molecule has 3 heterocycles. The van der Waals surface area contributed by atoms with Gasteiger partial charge in [0.2, 0.25) is 5.13 Å². The van der Waals surface area contributed by atoms with Crippen molar-refractivity contribution in [2.75, 3.05) is 5.73 Å². The Hall–Kier alpha value is -3.00. The van der Waals surface area contributed by atoms with Crippen LogP contribution in [0, 0.1) is 0 Å². The Morgan fingerprint density at radius 3 is 2.64 bits per heavy atom. The predicted octanol–water partition coefficient (Wildman–Crippen LogP) is 3.17. The summed E-state index contributed by atoms with van der Waals surface area (Å²) in [5.74, 6) is 1.62. The topological polar surface area (TPSA) is 95.7 Å². The Morgan fingerprint density at radius 2 is 1.96 bits per heavy atom. The third kappa shape index (κ3) is 3.03. The fourth-order valence-electron chi connectivity index (χ4n) is 2.62. The molecule has 3 aromatic heterocycles. The Bertz CT molecular complexity index is 974. The fraction of sp³-hybridized carbons (Fsp3) is 0.176. The van der Waals surface area contributed by atoms with E-state index >= 15 is 0 Å². The molecule has 0 bridgehead atoms. The van der Waals surface area contributed by atoms with Crippen molar-refractivity contribution in [1.82, 2.24) is 25.2 Å². The Labute approximate surface area is 148 Å². The molecule has 0 radical (unpaired) electrons. The summed E-state index contributed by atoms with van der Waals surface area (Å²) in [5, 5.41) is 17.9. The van der Waals surface area contributed by atoms with Gasteiger partial charge in [-0.05, 0) is 17.7 Å². The highest BCUT2D eigenvalue weighted by molar-refractivity contribution is 7.15. The van der Waals surface area contributed by atoms with Crippen molar-refractivity contribution in [3.8, 4) is 11.5 Å². The van der Waals surface area contributed by atoms with Crippen LogP contribution in [0.4, 0.5) is 5.13 Å². The van der Waals surface area contributed by atoms with Crippen LogP contribution in [0.2, 0.25) is 0 Å². The Kier molecular flexibility index (Phi) is 4.02. The van der Waals surface area contributed by atoms with Crippen molar-refractivity contribution in [2.45, 2.75) is 19.4 Å². The molecule has 0 amide bonds. The van der Waals surface area contributed by atoms with E-state index in [2.05, 4.69) is 20.5 Å². The van der Waals surface area contributed by atoms with E-state index in [0.717, 1.165) is 22.8 Å². The summed E-state index contributed by atoms with van der Waals surface area (Å²) in [7, 11) is 0. The summed E-state index contributed by atoms with van der Waals surface area (Å²) >= 11 is 1.34. The van der Waals surface area contributed by atoms with Gasteiger partial charge in [0, 0.05) is 6.42 Å². The Balaban J connectivity index is 1.75. The lowest BCUT2D eigenvalue weighted by Crippen LogP contribution is -2.13. The molecule has 8 heteroatoms. The highest BCUT2D eigenvalue weighted by atomic mass is 32.1. The number of nitrogens with two attached hydrogens (primary N) is 1. The zero-order valence-corrected chi connectivity index (χ0v) is 14.3. The van der Waals surface area contributed by atoms with Crippen LogP contribution in [0.5, 0.6) is 0 Å². The van der Waals surface area contributed by atoms with E-state index in [-0.39, 0.29) is 6.04 Å². The van der Waals surface area contributed by atoms with Crippen LogP contribution in [0.1, 0.15) is 29.3 Å². The maximum absolute atomic E-state index is 5.77. The molecule has 0 aliphatic heterocycles. The van der Waals surface area contributed by atoms with Gasteiger partial charge in [-0.25, -0.2) is 4.68 Å². The lowest BCUT2D eigenvalue weighted by atomic mass is 10.1. The van der Waals surface area contributed by atoms with Gasteiger partial charge < -0.3 is 10.2 Å². The molecular formula is C17H16N6OS. The molecule has 0 saturated heterocycles. The number of furan rings is 1. The van der Waals surface area contributed by atoms with Gasteiger partial charge >= 0.3 is 0 Å². The quantitative estimate of drug-likeness (QED) is 0.593. The molecular weight excluding hydrogens is 336 g/mol. The summed E-state index contributed by atoms with van der Waals surface area (Å²) < 4.78 is 7.53. The van der Waals surface area contributed by atoms with E-state index in [1.807, 2.05) is 55.6 Å². The first kappa shape index (κ1) is 15.5. The highest BCUT2D eigenvalue weighted by Crippen LogP contribution is 2.30. The SMILES string of the molecule is CCc1ccc(-c2cn(C(c3ccccc3)c3nnc(N)s3)nn2)o1. The van der Waals surface area contributed by atoms with E-state index in [1.165, 1.54) is 11.3 Å². The van der Waals surface area contributed by atoms with Gasteiger partial charge in [0.1, 0.15) is 22.5 Å². The monoisotopic (exact) mass is 352 g/mol. The molecule has 1 atom stereocenters. The first-order valence-electron chi connectivity index (χ1n) is 7.89. The van der Waals surface area contributed by atoms with E-state index in [0.29, 0.717) is 16.6 Å². The van der Waals surface area contributed by atoms with Crippen molar-refractivity contribution in [3.63, 3.8) is 0 Å². The molecule has 25 heavy (non-hydrogen) atoms. The van der Waals surface area contributed by atoms with Crippen LogP contribution < -0.4 is 5.73 Å². The molecule has 1 aromatic carbocycles. The van der Waals surface area contributed by atoms with Gasteiger partial charge in [-0.1, -0.05) is 53.8 Å². The molecule has 4 aromatic rings. The average molecular weight is 352 g/mol. The third-order valence-electron chi connectivity index (χ3n) is 3.84. The van der Waals surface area contributed by atoms with E-state index in [4.69, 9.17) is 10.2 Å². The lowest BCUT2D eigenvalue weighted by Gasteiger charge is -2.13. The minimum Gasteiger partial charge on any atom is -0.459 e. The van der Waals surface area contributed by atoms with Crippen LogP contribution in [-0.4, -0.2) is 25.2 Å². The van der Waals surface area contributed by atoms with Crippen molar-refractivity contribution in [1.29, 1.82) is 0 Å². The number of anilines is 1. The molecule has 2 N–H and O–H groups in total. The van der Waals surface area contributed by atoms with E-state index < -0.39 is 0 Å². The van der Waals surface area contributed by atoms with Crippen LogP contribution in [0.3, 0.4) is 0 Å². The minimum absolute atomic E-state index is 0.238. The number of nitrogen functional groups attached to an aromatic ring is 1. The zero-order valence-electron chi connectivity index (χ0n) is 13.5. The highest BCUT2D eigenvalue weighted by Gasteiger charge is 2.23. The van der Waals surface area contributed by atoms with Crippen LogP contribution in [-0.2, 0) is 6.42 Å². The standard InChI is InChI=1S/C17H16N6OS/c1-2-12-8-9-14(24-12)13-10-23(22-19-13)15(11-6-4-3-5-7-11)16-20-21-17(18)25-16/h3-10,15H,2H2,1H3,(H2,18,21). The van der Waals surface area contributed by atoms with Crippen molar-refractivity contribution in [2.24, 2.45) is 0 Å². The maximum Gasteiger partial charge on any atom is 0.203 e. The molecule has 0 aliphatic rings. The summed E-state index contributed by atoms with van der Waals surface area (Å²) in [5.41, 5.74) is 7.48. The number of rotatable bonds is 5. The molecule has 4 rings (SSSR count). The lowest BCUT2D eigenvalue weighted by molar-refractivity contribution is 0.527. The second kappa shape index (κ2) is 6.48. The first-order chi connectivity index (χ1) is 12.2. The van der Waals surface area contributed by atoms with Gasteiger partial charge in [-0.15, -0.1) is 15.3 Å². The number of aromatic nitrogens is 5. The number of hydrogen-bond donors (Lipinski definition) is 1. The molecule has 1 unspecified atom stereocenters. The summed E-state index contributed by atoms with van der Waals surface area (Å²) in [4.78, 5) is 0. The van der Waals surface area contributed by atoms with Crippen molar-refractivity contribution < 1.29 is 4.42 Å². The van der Waals surface area contributed by atoms with Crippen LogP contribution >= 0.6 is 11.3 Å². The number of aryl methyl sites for hydroxylation is 1. The normalized spacial score (nSPS) is 12.4. The fourth-order valence-corrected chi connectivity index (χ4v) is 3.36. The van der Waals surface area contributed by atoms with Crippen LogP contribution in [0.25, 0.3) is 11.5 Å². The van der Waals surface area contributed by atoms with E-state index in [9.17, 15) is 0 Å². The molecule has 0 saturated carbocycles. The molecule has 126 valence electrons. The van der Waals surface area contributed by atoms with E-state index in [1.54, 1.807) is 4.68 Å². The van der Waals surface area contributed by atoms with Crippen LogP contribution in [0.15, 0.2) is 53.1 Å². The number of hydrogen-bond acceptors (Lipinski definition) is 7. The average Bonchev–Trinajstić information content (AvgIpc) is 3.37. The minimum atomic E-state index is -0.238. The van der Waals surface area contributed by atoms with Crippen molar-refractivity contribution in [3.05, 3.63) is 65.0 Å². The summed E-state index contributed by atoms with van der Waals surface area (Å²) in [6.07, 6.45) is 2.69. The molecule has 7 nitrogen and oxygen atoms in total. The van der Waals surface area contributed by atoms with Gasteiger partial charge in [0.15, 0.2) is 5.76 Å². The summed E-state index contributed by atoms with van der Waals surface area (Å²) in [6.45, 7) is 2.05. The number of nitrogens with zero attached hydrogens (tertiary/aromatic N) is 5. The number of benzene rings is 1.